The van der Waals surface area contributed by atoms with E-state index in [1.165, 1.54) is 11.9 Å². The van der Waals surface area contributed by atoms with Gasteiger partial charge in [-0.2, -0.15) is 0 Å². The van der Waals surface area contributed by atoms with Crippen LogP contribution in [0.2, 0.25) is 0 Å². The van der Waals surface area contributed by atoms with Gasteiger partial charge in [-0.1, -0.05) is 0 Å². The molecule has 2 heterocycles. The first-order chi connectivity index (χ1) is 8.81. The van der Waals surface area contributed by atoms with Crippen LogP contribution >= 0.6 is 15.9 Å². The number of nitrogens with two attached hydrogens (primary N) is 1. The second kappa shape index (κ2) is 6.27. The van der Waals surface area contributed by atoms with Gasteiger partial charge in [-0.25, -0.2) is 15.8 Å². The van der Waals surface area contributed by atoms with E-state index in [0.717, 1.165) is 17.4 Å². The molecule has 94 valence electrons. The highest BCUT2D eigenvalue weighted by Crippen LogP contribution is 2.25. The number of anilines is 2. The molecule has 0 spiro atoms. The van der Waals surface area contributed by atoms with Crippen molar-refractivity contribution in [3.63, 3.8) is 0 Å². The third-order valence-electron chi connectivity index (χ3n) is 2.38. The van der Waals surface area contributed by atoms with Crippen LogP contribution in [-0.2, 0) is 6.42 Å². The molecular formula is C11H13BrN6. The third kappa shape index (κ3) is 3.14. The average molecular weight is 309 g/mol. The summed E-state index contributed by atoms with van der Waals surface area (Å²) in [5.74, 6) is 6.60. The first-order valence-electron chi connectivity index (χ1n) is 5.41. The Morgan fingerprint density at radius 1 is 1.17 bits per heavy atom. The second-order valence-electron chi connectivity index (χ2n) is 3.56. The highest BCUT2D eigenvalue weighted by molar-refractivity contribution is 9.10. The van der Waals surface area contributed by atoms with Crippen LogP contribution in [0.25, 0.3) is 0 Å². The minimum atomic E-state index is 0.552. The minimum Gasteiger partial charge on any atom is -0.369 e. The van der Waals surface area contributed by atoms with Crippen molar-refractivity contribution in [2.45, 2.75) is 6.42 Å². The summed E-state index contributed by atoms with van der Waals surface area (Å²) in [5, 5.41) is 3.22. The zero-order chi connectivity index (χ0) is 12.8. The lowest BCUT2D eigenvalue weighted by atomic mass is 10.2. The van der Waals surface area contributed by atoms with Crippen molar-refractivity contribution in [1.29, 1.82) is 0 Å². The Hall–Kier alpha value is -1.73. The van der Waals surface area contributed by atoms with Crippen molar-refractivity contribution in [2.75, 3.05) is 17.3 Å². The van der Waals surface area contributed by atoms with Gasteiger partial charge in [-0.15, -0.1) is 0 Å². The first-order valence-corrected chi connectivity index (χ1v) is 6.20. The lowest BCUT2D eigenvalue weighted by molar-refractivity contribution is 0.989. The number of nitrogens with one attached hydrogen (secondary N) is 2. The van der Waals surface area contributed by atoms with Gasteiger partial charge in [0.25, 0.3) is 0 Å². The highest BCUT2D eigenvalue weighted by Gasteiger charge is 2.06. The fourth-order valence-corrected chi connectivity index (χ4v) is 1.93. The van der Waals surface area contributed by atoms with E-state index in [1.807, 2.05) is 12.1 Å². The van der Waals surface area contributed by atoms with Crippen molar-refractivity contribution >= 4 is 27.6 Å². The molecule has 4 N–H and O–H groups in total. The summed E-state index contributed by atoms with van der Waals surface area (Å²) in [6.07, 6.45) is 5.91. The maximum atomic E-state index is 5.33. The van der Waals surface area contributed by atoms with Crippen LogP contribution in [0.15, 0.2) is 35.3 Å². The van der Waals surface area contributed by atoms with Crippen LogP contribution in [0.5, 0.6) is 0 Å². The molecule has 0 bridgehead atoms. The van der Waals surface area contributed by atoms with Crippen molar-refractivity contribution in [3.05, 3.63) is 40.9 Å². The summed E-state index contributed by atoms with van der Waals surface area (Å²) < 4.78 is 0.724. The number of nitrogens with zero attached hydrogens (tertiary/aromatic N) is 3. The van der Waals surface area contributed by atoms with Crippen LogP contribution < -0.4 is 16.6 Å². The molecule has 0 fully saturated rings. The number of nitrogen functional groups attached to an aromatic ring is 1. The van der Waals surface area contributed by atoms with E-state index < -0.39 is 0 Å². The van der Waals surface area contributed by atoms with Gasteiger partial charge in [0, 0.05) is 18.9 Å². The summed E-state index contributed by atoms with van der Waals surface area (Å²) in [7, 11) is 0. The molecule has 0 atom stereocenters. The fraction of sp³-hybridized carbons (Fsp3) is 0.182. The Bertz CT molecular complexity index is 504. The Kier molecular flexibility index (Phi) is 4.43. The van der Waals surface area contributed by atoms with Crippen LogP contribution in [0, 0.1) is 0 Å². The zero-order valence-electron chi connectivity index (χ0n) is 9.60. The van der Waals surface area contributed by atoms with Gasteiger partial charge in [0.15, 0.2) is 5.82 Å². The molecule has 0 aromatic carbocycles. The molecule has 0 unspecified atom stereocenters. The van der Waals surface area contributed by atoms with E-state index in [0.29, 0.717) is 11.6 Å². The van der Waals surface area contributed by atoms with Gasteiger partial charge in [-0.05, 0) is 40.0 Å². The summed E-state index contributed by atoms with van der Waals surface area (Å²) in [6.45, 7) is 0.767. The van der Waals surface area contributed by atoms with Gasteiger partial charge in [0.1, 0.15) is 16.6 Å². The predicted molar refractivity (Wildman–Crippen MR) is 74.0 cm³/mol. The van der Waals surface area contributed by atoms with E-state index in [9.17, 15) is 0 Å². The topological polar surface area (TPSA) is 88.8 Å². The summed E-state index contributed by atoms with van der Waals surface area (Å²) in [5.41, 5.74) is 3.72. The lowest BCUT2D eigenvalue weighted by Crippen LogP contribution is -2.12. The van der Waals surface area contributed by atoms with Gasteiger partial charge in [0.05, 0.1) is 0 Å². The number of hydrazine groups is 1. The summed E-state index contributed by atoms with van der Waals surface area (Å²) in [6, 6.07) is 3.98. The third-order valence-corrected chi connectivity index (χ3v) is 3.13. The van der Waals surface area contributed by atoms with E-state index in [1.54, 1.807) is 12.4 Å². The van der Waals surface area contributed by atoms with Crippen LogP contribution in [0.3, 0.4) is 0 Å². The van der Waals surface area contributed by atoms with Crippen molar-refractivity contribution in [2.24, 2.45) is 5.84 Å². The monoisotopic (exact) mass is 308 g/mol. The minimum absolute atomic E-state index is 0.552. The quantitative estimate of drug-likeness (QED) is 0.574. The van der Waals surface area contributed by atoms with Crippen LogP contribution in [0.4, 0.5) is 11.6 Å². The number of rotatable bonds is 5. The molecule has 0 radical (unpaired) electrons. The Balaban J connectivity index is 1.95. The molecule has 0 amide bonds. The maximum absolute atomic E-state index is 5.33. The molecule has 2 aromatic heterocycles. The number of hydrogen-bond acceptors (Lipinski definition) is 6. The standard InChI is InChI=1S/C11H13BrN6/c12-9-10(16-7-17-11(9)18-13)15-6-3-8-1-4-14-5-2-8/h1-2,4-5,7H,3,6,13H2,(H2,15,16,17,18). The molecule has 0 aliphatic carbocycles. The average Bonchev–Trinajstić information content (AvgIpc) is 2.42. The van der Waals surface area contributed by atoms with Gasteiger partial charge in [-0.3, -0.25) is 4.98 Å². The van der Waals surface area contributed by atoms with Crippen LogP contribution in [-0.4, -0.2) is 21.5 Å². The Labute approximate surface area is 113 Å². The highest BCUT2D eigenvalue weighted by atomic mass is 79.9. The fourth-order valence-electron chi connectivity index (χ4n) is 1.47. The molecule has 18 heavy (non-hydrogen) atoms. The molecule has 0 saturated heterocycles. The molecule has 2 aromatic rings. The number of aromatic nitrogens is 3. The van der Waals surface area contributed by atoms with E-state index in [-0.39, 0.29) is 0 Å². The predicted octanol–water partition coefficient (Wildman–Crippen LogP) is 1.57. The van der Waals surface area contributed by atoms with Gasteiger partial charge >= 0.3 is 0 Å². The summed E-state index contributed by atoms with van der Waals surface area (Å²) >= 11 is 3.39. The Morgan fingerprint density at radius 2 is 1.89 bits per heavy atom. The SMILES string of the molecule is NNc1ncnc(NCCc2ccncc2)c1Br. The van der Waals surface area contributed by atoms with Crippen molar-refractivity contribution < 1.29 is 0 Å². The number of halogens is 1. The molecule has 6 nitrogen and oxygen atoms in total. The molecule has 0 aliphatic rings. The molecule has 2 rings (SSSR count). The van der Waals surface area contributed by atoms with E-state index in [4.69, 9.17) is 5.84 Å². The maximum Gasteiger partial charge on any atom is 0.159 e. The van der Waals surface area contributed by atoms with Crippen LogP contribution in [0.1, 0.15) is 5.56 Å². The largest absolute Gasteiger partial charge is 0.369 e. The van der Waals surface area contributed by atoms with E-state index >= 15 is 0 Å². The normalized spacial score (nSPS) is 10.1. The lowest BCUT2D eigenvalue weighted by Gasteiger charge is -2.09. The molecule has 0 saturated carbocycles. The zero-order valence-corrected chi connectivity index (χ0v) is 11.2. The molecular weight excluding hydrogens is 296 g/mol. The second-order valence-corrected chi connectivity index (χ2v) is 4.35. The van der Waals surface area contributed by atoms with Gasteiger partial charge in [0.2, 0.25) is 0 Å². The number of hydrogen-bond donors (Lipinski definition) is 3. The smallest absolute Gasteiger partial charge is 0.159 e. The van der Waals surface area contributed by atoms with Crippen molar-refractivity contribution in [3.8, 4) is 0 Å². The van der Waals surface area contributed by atoms with Gasteiger partial charge < -0.3 is 10.7 Å². The molecule has 0 aliphatic heterocycles. The summed E-state index contributed by atoms with van der Waals surface area (Å²) in [4.78, 5) is 12.1. The number of pyridine rings is 1. The van der Waals surface area contributed by atoms with E-state index in [2.05, 4.69) is 41.6 Å². The van der Waals surface area contributed by atoms with Crippen molar-refractivity contribution in [1.82, 2.24) is 15.0 Å². The first kappa shape index (κ1) is 12.7. The molecule has 7 heteroatoms. The Morgan fingerprint density at radius 3 is 2.61 bits per heavy atom.